The van der Waals surface area contributed by atoms with Crippen molar-refractivity contribution in [2.75, 3.05) is 19.6 Å². The van der Waals surface area contributed by atoms with E-state index < -0.39 is 0 Å². The summed E-state index contributed by atoms with van der Waals surface area (Å²) < 4.78 is 0. The van der Waals surface area contributed by atoms with Crippen LogP contribution >= 0.6 is 0 Å². The van der Waals surface area contributed by atoms with E-state index in [-0.39, 0.29) is 5.91 Å². The molecule has 2 atom stereocenters. The Morgan fingerprint density at radius 3 is 2.72 bits per heavy atom. The maximum Gasteiger partial charge on any atom is 0.221 e. The lowest BCUT2D eigenvalue weighted by atomic mass is 10.0. The van der Waals surface area contributed by atoms with E-state index in [2.05, 4.69) is 29.4 Å². The Balaban J connectivity index is 1.74. The maximum absolute atomic E-state index is 11.7. The molecule has 2 N–H and O–H groups in total. The van der Waals surface area contributed by atoms with Crippen LogP contribution in [0.25, 0.3) is 0 Å². The second kappa shape index (κ2) is 6.53. The van der Waals surface area contributed by atoms with E-state index in [0.717, 1.165) is 26.1 Å². The third-order valence-corrected chi connectivity index (χ3v) is 4.15. The van der Waals surface area contributed by atoms with Gasteiger partial charge < -0.3 is 10.6 Å². The highest BCUT2D eigenvalue weighted by molar-refractivity contribution is 5.76. The summed E-state index contributed by atoms with van der Waals surface area (Å²) in [6, 6.07) is 1.69. The Bertz CT molecular complexity index is 278. The van der Waals surface area contributed by atoms with Crippen LogP contribution in [0.5, 0.6) is 0 Å². The van der Waals surface area contributed by atoms with Gasteiger partial charge in [-0.3, -0.25) is 9.69 Å². The van der Waals surface area contributed by atoms with Crippen molar-refractivity contribution in [3.8, 4) is 0 Å². The first-order valence-corrected chi connectivity index (χ1v) is 7.49. The average molecular weight is 253 g/mol. The standard InChI is InChI=1S/C14H27N3O/c1-3-11-10-17(13(4-2)9-15-11)8-7-14(18)16-12-5-6-12/h11-13,15H,3-10H2,1-2H3,(H,16,18). The molecule has 0 aromatic rings. The van der Waals surface area contributed by atoms with Gasteiger partial charge in [-0.15, -0.1) is 0 Å². The normalized spacial score (nSPS) is 29.2. The molecule has 1 amide bonds. The molecule has 0 radical (unpaired) electrons. The van der Waals surface area contributed by atoms with Gasteiger partial charge in [0.1, 0.15) is 0 Å². The summed E-state index contributed by atoms with van der Waals surface area (Å²) in [4.78, 5) is 14.2. The minimum atomic E-state index is 0.235. The average Bonchev–Trinajstić information content (AvgIpc) is 3.19. The van der Waals surface area contributed by atoms with E-state index >= 15 is 0 Å². The van der Waals surface area contributed by atoms with E-state index in [0.29, 0.717) is 24.5 Å². The Morgan fingerprint density at radius 2 is 2.11 bits per heavy atom. The van der Waals surface area contributed by atoms with E-state index in [1.54, 1.807) is 0 Å². The summed E-state index contributed by atoms with van der Waals surface area (Å²) >= 11 is 0. The van der Waals surface area contributed by atoms with Crippen LogP contribution in [0, 0.1) is 0 Å². The largest absolute Gasteiger partial charge is 0.353 e. The monoisotopic (exact) mass is 253 g/mol. The highest BCUT2D eigenvalue weighted by atomic mass is 16.1. The molecule has 18 heavy (non-hydrogen) atoms. The number of hydrogen-bond acceptors (Lipinski definition) is 3. The van der Waals surface area contributed by atoms with Crippen molar-refractivity contribution in [2.24, 2.45) is 0 Å². The molecule has 2 unspecified atom stereocenters. The van der Waals surface area contributed by atoms with E-state index in [1.165, 1.54) is 19.3 Å². The number of nitrogens with zero attached hydrogens (tertiary/aromatic N) is 1. The van der Waals surface area contributed by atoms with Crippen LogP contribution in [-0.4, -0.2) is 48.6 Å². The molecule has 2 rings (SSSR count). The van der Waals surface area contributed by atoms with Crippen molar-refractivity contribution in [1.82, 2.24) is 15.5 Å². The molecule has 0 aromatic carbocycles. The van der Waals surface area contributed by atoms with Gasteiger partial charge >= 0.3 is 0 Å². The summed E-state index contributed by atoms with van der Waals surface area (Å²) in [5.74, 6) is 0.235. The lowest BCUT2D eigenvalue weighted by Gasteiger charge is -2.39. The predicted octanol–water partition coefficient (Wildman–Crippen LogP) is 1.12. The molecule has 2 fully saturated rings. The molecule has 1 saturated carbocycles. The number of carbonyl (C=O) groups is 1. The van der Waals surface area contributed by atoms with E-state index in [4.69, 9.17) is 0 Å². The highest BCUT2D eigenvalue weighted by Gasteiger charge is 2.27. The second-order valence-electron chi connectivity index (χ2n) is 5.66. The predicted molar refractivity (Wildman–Crippen MR) is 73.5 cm³/mol. The Hall–Kier alpha value is -0.610. The number of carbonyl (C=O) groups excluding carboxylic acids is 1. The quantitative estimate of drug-likeness (QED) is 0.745. The molecule has 1 aliphatic carbocycles. The fourth-order valence-electron chi connectivity index (χ4n) is 2.65. The maximum atomic E-state index is 11.7. The zero-order chi connectivity index (χ0) is 13.0. The van der Waals surface area contributed by atoms with Crippen LogP contribution in [-0.2, 0) is 4.79 Å². The third-order valence-electron chi connectivity index (χ3n) is 4.15. The molecule has 0 bridgehead atoms. The molecular weight excluding hydrogens is 226 g/mol. The lowest BCUT2D eigenvalue weighted by molar-refractivity contribution is -0.121. The molecule has 2 aliphatic rings. The summed E-state index contributed by atoms with van der Waals surface area (Å²) in [5, 5.41) is 6.66. The number of rotatable bonds is 6. The van der Waals surface area contributed by atoms with Crippen molar-refractivity contribution in [1.29, 1.82) is 0 Å². The summed E-state index contributed by atoms with van der Waals surface area (Å²) in [6.07, 6.45) is 5.34. The second-order valence-corrected chi connectivity index (χ2v) is 5.66. The Morgan fingerprint density at radius 1 is 1.33 bits per heavy atom. The molecule has 1 heterocycles. The first-order chi connectivity index (χ1) is 8.72. The van der Waals surface area contributed by atoms with Crippen LogP contribution in [0.15, 0.2) is 0 Å². The zero-order valence-electron chi connectivity index (χ0n) is 11.7. The highest BCUT2D eigenvalue weighted by Crippen LogP contribution is 2.19. The van der Waals surface area contributed by atoms with Crippen LogP contribution in [0.1, 0.15) is 46.0 Å². The topological polar surface area (TPSA) is 44.4 Å². The van der Waals surface area contributed by atoms with Gasteiger partial charge in [0.2, 0.25) is 5.91 Å². The van der Waals surface area contributed by atoms with Gasteiger partial charge in [0, 0.05) is 44.2 Å². The summed E-state index contributed by atoms with van der Waals surface area (Å²) in [5.41, 5.74) is 0. The van der Waals surface area contributed by atoms with Crippen molar-refractivity contribution in [3.63, 3.8) is 0 Å². The van der Waals surface area contributed by atoms with Crippen molar-refractivity contribution in [3.05, 3.63) is 0 Å². The first kappa shape index (κ1) is 13.8. The van der Waals surface area contributed by atoms with Crippen LogP contribution in [0.3, 0.4) is 0 Å². The number of nitrogens with one attached hydrogen (secondary N) is 2. The molecule has 0 spiro atoms. The van der Waals surface area contributed by atoms with Gasteiger partial charge in [-0.1, -0.05) is 13.8 Å². The molecule has 4 heteroatoms. The fourth-order valence-corrected chi connectivity index (χ4v) is 2.65. The summed E-state index contributed by atoms with van der Waals surface area (Å²) in [6.45, 7) is 7.53. The van der Waals surface area contributed by atoms with Gasteiger partial charge in [-0.05, 0) is 25.7 Å². The zero-order valence-corrected chi connectivity index (χ0v) is 11.7. The van der Waals surface area contributed by atoms with Crippen molar-refractivity contribution < 1.29 is 4.79 Å². The van der Waals surface area contributed by atoms with E-state index in [1.807, 2.05) is 0 Å². The summed E-state index contributed by atoms with van der Waals surface area (Å²) in [7, 11) is 0. The lowest BCUT2D eigenvalue weighted by Crippen LogP contribution is -2.56. The minimum absolute atomic E-state index is 0.235. The van der Waals surface area contributed by atoms with Gasteiger partial charge in [0.05, 0.1) is 0 Å². The SMILES string of the molecule is CCC1CN(CCC(=O)NC2CC2)C(CC)CN1. The molecule has 0 aromatic heterocycles. The van der Waals surface area contributed by atoms with Gasteiger partial charge in [-0.25, -0.2) is 0 Å². The van der Waals surface area contributed by atoms with Crippen LogP contribution in [0.2, 0.25) is 0 Å². The van der Waals surface area contributed by atoms with Crippen LogP contribution < -0.4 is 10.6 Å². The number of hydrogen-bond donors (Lipinski definition) is 2. The Labute approximate surface area is 110 Å². The number of amides is 1. The number of piperazine rings is 1. The van der Waals surface area contributed by atoms with Crippen LogP contribution in [0.4, 0.5) is 0 Å². The van der Waals surface area contributed by atoms with Gasteiger partial charge in [-0.2, -0.15) is 0 Å². The molecule has 4 nitrogen and oxygen atoms in total. The van der Waals surface area contributed by atoms with E-state index in [9.17, 15) is 4.79 Å². The first-order valence-electron chi connectivity index (χ1n) is 7.49. The third kappa shape index (κ3) is 3.95. The van der Waals surface area contributed by atoms with Gasteiger partial charge in [0.15, 0.2) is 0 Å². The molecule has 1 saturated heterocycles. The Kier molecular flexibility index (Phi) is 5.01. The minimum Gasteiger partial charge on any atom is -0.353 e. The van der Waals surface area contributed by atoms with Crippen molar-refractivity contribution >= 4 is 5.91 Å². The van der Waals surface area contributed by atoms with Crippen molar-refractivity contribution in [2.45, 2.75) is 64.1 Å². The fraction of sp³-hybridized carbons (Fsp3) is 0.929. The van der Waals surface area contributed by atoms with Gasteiger partial charge in [0.25, 0.3) is 0 Å². The molecule has 1 aliphatic heterocycles. The molecular formula is C14H27N3O. The smallest absolute Gasteiger partial charge is 0.221 e. The molecule has 104 valence electrons.